The van der Waals surface area contributed by atoms with E-state index < -0.39 is 5.60 Å². The zero-order valence-corrected chi connectivity index (χ0v) is 21.4. The summed E-state index contributed by atoms with van der Waals surface area (Å²) in [6, 6.07) is 0. The van der Waals surface area contributed by atoms with Gasteiger partial charge in [-0.05, 0) is 94.9 Å². The Balaban J connectivity index is 1.91. The van der Waals surface area contributed by atoms with Gasteiger partial charge in [0.05, 0.1) is 0 Å². The van der Waals surface area contributed by atoms with Gasteiger partial charge >= 0.3 is 6.09 Å². The van der Waals surface area contributed by atoms with Crippen LogP contribution in [-0.4, -0.2) is 54.2 Å². The van der Waals surface area contributed by atoms with Gasteiger partial charge in [0, 0.05) is 26.2 Å². The van der Waals surface area contributed by atoms with Crippen LogP contribution in [0.5, 0.6) is 0 Å². The van der Waals surface area contributed by atoms with Crippen LogP contribution in [0.1, 0.15) is 100 Å². The zero-order valence-electron chi connectivity index (χ0n) is 21.4. The minimum absolute atomic E-state index is 0.133. The van der Waals surface area contributed by atoms with Crippen molar-refractivity contribution in [3.05, 3.63) is 0 Å². The van der Waals surface area contributed by atoms with E-state index in [1.165, 1.54) is 58.2 Å². The van der Waals surface area contributed by atoms with Gasteiger partial charge < -0.3 is 14.5 Å². The van der Waals surface area contributed by atoms with Crippen molar-refractivity contribution < 1.29 is 9.53 Å². The average molecular weight is 423 g/mol. The molecule has 3 atom stereocenters. The summed E-state index contributed by atoms with van der Waals surface area (Å²) in [6.07, 6.45) is 8.69. The first-order valence-corrected chi connectivity index (χ1v) is 12.5. The second-order valence-electron chi connectivity index (χ2n) is 12.8. The quantitative estimate of drug-likeness (QED) is 0.484. The van der Waals surface area contributed by atoms with Crippen molar-refractivity contribution in [2.45, 2.75) is 106 Å². The molecule has 3 unspecified atom stereocenters. The van der Waals surface area contributed by atoms with Crippen molar-refractivity contribution in [2.75, 3.05) is 32.7 Å². The summed E-state index contributed by atoms with van der Waals surface area (Å²) < 4.78 is 5.63. The monoisotopic (exact) mass is 422 g/mol. The fourth-order valence-electron chi connectivity index (χ4n) is 5.61. The SMILES string of the molecule is CCC(C)(CC1CCCN(C(=O)OC(C)(C)C)C1)CN1CCCC(CC(C)(C)C)C1. The van der Waals surface area contributed by atoms with E-state index in [-0.39, 0.29) is 6.09 Å². The highest BCUT2D eigenvalue weighted by Crippen LogP contribution is 2.37. The standard InChI is InChI=1S/C26H50N2O2/c1-9-26(8,20-27-14-10-12-21(18-27)16-24(2,3)4)17-22-13-11-15-28(19-22)23(29)30-25(5,6)7/h21-22H,9-20H2,1-8H3. The maximum atomic E-state index is 12.6. The molecular formula is C26H50N2O2. The zero-order chi connectivity index (χ0) is 22.6. The predicted octanol–water partition coefficient (Wildman–Crippen LogP) is 6.59. The van der Waals surface area contributed by atoms with Crippen LogP contribution >= 0.6 is 0 Å². The second kappa shape index (κ2) is 10.2. The Morgan fingerprint density at radius 2 is 1.50 bits per heavy atom. The maximum absolute atomic E-state index is 12.6. The third-order valence-corrected chi connectivity index (χ3v) is 6.92. The smallest absolute Gasteiger partial charge is 0.410 e. The molecule has 0 aromatic rings. The lowest BCUT2D eigenvalue weighted by Gasteiger charge is -2.43. The Hall–Kier alpha value is -0.770. The van der Waals surface area contributed by atoms with Crippen molar-refractivity contribution in [1.82, 2.24) is 9.80 Å². The van der Waals surface area contributed by atoms with E-state index in [0.29, 0.717) is 16.7 Å². The molecule has 1 amide bonds. The molecule has 0 bridgehead atoms. The highest BCUT2D eigenvalue weighted by Gasteiger charge is 2.35. The summed E-state index contributed by atoms with van der Waals surface area (Å²) in [7, 11) is 0. The number of rotatable bonds is 6. The molecule has 2 heterocycles. The van der Waals surface area contributed by atoms with Crippen LogP contribution in [0, 0.1) is 22.7 Å². The first-order valence-electron chi connectivity index (χ1n) is 12.5. The molecule has 2 fully saturated rings. The van der Waals surface area contributed by atoms with Crippen LogP contribution in [0.4, 0.5) is 4.79 Å². The topological polar surface area (TPSA) is 32.8 Å². The van der Waals surface area contributed by atoms with E-state index in [4.69, 9.17) is 4.74 Å². The molecule has 4 nitrogen and oxygen atoms in total. The number of piperidine rings is 2. The Morgan fingerprint density at radius 3 is 2.07 bits per heavy atom. The molecule has 30 heavy (non-hydrogen) atoms. The molecule has 2 aliphatic rings. The van der Waals surface area contributed by atoms with E-state index in [1.54, 1.807) is 0 Å². The van der Waals surface area contributed by atoms with Gasteiger partial charge in [0.2, 0.25) is 0 Å². The number of hydrogen-bond donors (Lipinski definition) is 0. The molecule has 0 saturated carbocycles. The van der Waals surface area contributed by atoms with E-state index in [9.17, 15) is 4.79 Å². The van der Waals surface area contributed by atoms with Gasteiger partial charge in [0.15, 0.2) is 0 Å². The molecular weight excluding hydrogens is 372 g/mol. The molecule has 0 aliphatic carbocycles. The lowest BCUT2D eigenvalue weighted by molar-refractivity contribution is 0.0111. The van der Waals surface area contributed by atoms with Gasteiger partial charge in [-0.15, -0.1) is 0 Å². The molecule has 0 radical (unpaired) electrons. The normalized spacial score (nSPS) is 26.3. The van der Waals surface area contributed by atoms with Crippen LogP contribution in [0.15, 0.2) is 0 Å². The van der Waals surface area contributed by atoms with Crippen molar-refractivity contribution in [1.29, 1.82) is 0 Å². The van der Waals surface area contributed by atoms with Crippen molar-refractivity contribution in [2.24, 2.45) is 22.7 Å². The van der Waals surface area contributed by atoms with Gasteiger partial charge in [-0.3, -0.25) is 0 Å². The molecule has 0 aromatic carbocycles. The summed E-state index contributed by atoms with van der Waals surface area (Å²) >= 11 is 0. The van der Waals surface area contributed by atoms with E-state index in [1.807, 2.05) is 25.7 Å². The third kappa shape index (κ3) is 8.77. The van der Waals surface area contributed by atoms with Crippen molar-refractivity contribution >= 4 is 6.09 Å². The molecule has 2 aliphatic heterocycles. The van der Waals surface area contributed by atoms with E-state index in [0.717, 1.165) is 25.4 Å². The van der Waals surface area contributed by atoms with Crippen LogP contribution in [0.25, 0.3) is 0 Å². The fourth-order valence-corrected chi connectivity index (χ4v) is 5.61. The van der Waals surface area contributed by atoms with Gasteiger partial charge in [-0.2, -0.15) is 0 Å². The molecule has 0 aromatic heterocycles. The van der Waals surface area contributed by atoms with Gasteiger partial charge in [-0.1, -0.05) is 34.6 Å². The lowest BCUT2D eigenvalue weighted by atomic mass is 9.75. The molecule has 2 saturated heterocycles. The Morgan fingerprint density at radius 1 is 0.900 bits per heavy atom. The van der Waals surface area contributed by atoms with Crippen LogP contribution < -0.4 is 0 Å². The lowest BCUT2D eigenvalue weighted by Crippen LogP contribution is -2.46. The number of ether oxygens (including phenoxy) is 1. The number of likely N-dealkylation sites (tertiary alicyclic amines) is 2. The number of hydrogen-bond acceptors (Lipinski definition) is 3. The Labute approximate surface area is 187 Å². The summed E-state index contributed by atoms with van der Waals surface area (Å²) in [4.78, 5) is 17.3. The molecule has 176 valence electrons. The average Bonchev–Trinajstić information content (AvgIpc) is 2.59. The highest BCUT2D eigenvalue weighted by molar-refractivity contribution is 5.68. The number of nitrogens with zero attached hydrogens (tertiary/aromatic N) is 2. The van der Waals surface area contributed by atoms with Crippen LogP contribution in [-0.2, 0) is 4.74 Å². The minimum atomic E-state index is -0.417. The molecule has 0 N–H and O–H groups in total. The highest BCUT2D eigenvalue weighted by atomic mass is 16.6. The van der Waals surface area contributed by atoms with Crippen LogP contribution in [0.2, 0.25) is 0 Å². The number of carbonyl (C=O) groups excluding carboxylic acids is 1. The second-order valence-corrected chi connectivity index (χ2v) is 12.8. The van der Waals surface area contributed by atoms with E-state index in [2.05, 4.69) is 39.5 Å². The molecule has 0 spiro atoms. The largest absolute Gasteiger partial charge is 0.444 e. The Bertz CT molecular complexity index is 548. The first kappa shape index (κ1) is 25.5. The van der Waals surface area contributed by atoms with Crippen molar-refractivity contribution in [3.8, 4) is 0 Å². The summed E-state index contributed by atoms with van der Waals surface area (Å²) in [5.41, 5.74) is 0.333. The fraction of sp³-hybridized carbons (Fsp3) is 0.962. The molecule has 2 rings (SSSR count). The number of carbonyl (C=O) groups is 1. The number of amides is 1. The minimum Gasteiger partial charge on any atom is -0.444 e. The third-order valence-electron chi connectivity index (χ3n) is 6.92. The Kier molecular flexibility index (Phi) is 8.69. The summed E-state index contributed by atoms with van der Waals surface area (Å²) in [5, 5.41) is 0. The first-order chi connectivity index (χ1) is 13.8. The van der Waals surface area contributed by atoms with Gasteiger partial charge in [0.25, 0.3) is 0 Å². The molecule has 4 heteroatoms. The summed E-state index contributed by atoms with van der Waals surface area (Å²) in [5.74, 6) is 1.43. The van der Waals surface area contributed by atoms with E-state index >= 15 is 0 Å². The van der Waals surface area contributed by atoms with Crippen molar-refractivity contribution in [3.63, 3.8) is 0 Å². The van der Waals surface area contributed by atoms with Gasteiger partial charge in [0.1, 0.15) is 5.60 Å². The summed E-state index contributed by atoms with van der Waals surface area (Å²) in [6.45, 7) is 23.2. The maximum Gasteiger partial charge on any atom is 0.410 e. The van der Waals surface area contributed by atoms with Crippen LogP contribution in [0.3, 0.4) is 0 Å². The predicted molar refractivity (Wildman–Crippen MR) is 127 cm³/mol. The van der Waals surface area contributed by atoms with Gasteiger partial charge in [-0.25, -0.2) is 4.79 Å².